The summed E-state index contributed by atoms with van der Waals surface area (Å²) in [6, 6.07) is 62.5. The number of hydrogen-bond donors (Lipinski definition) is 1. The standard InChI is InChI=1S/C49H34N2OS/c1-4-11-32(12-5-1)30-50-49(38-23-25-41-45(29-38)52-44-18-10-17-39(47(41)44)35-15-8-3-9-16-35)51-31-33-19-26-46-43(27-33)40-24-22-36-20-21-37(28-42(36)48(40)53-46)34-13-6-2-7-14-34/h1-30,49,51H,31H2. The molecular formula is C49H34N2OS. The topological polar surface area (TPSA) is 37.5 Å². The van der Waals surface area contributed by atoms with Gasteiger partial charge in [-0.25, -0.2) is 0 Å². The summed E-state index contributed by atoms with van der Waals surface area (Å²) >= 11 is 1.88. The molecule has 0 saturated heterocycles. The van der Waals surface area contributed by atoms with Crippen LogP contribution in [0.1, 0.15) is 22.9 Å². The maximum atomic E-state index is 6.50. The first-order valence-electron chi connectivity index (χ1n) is 18.0. The van der Waals surface area contributed by atoms with Gasteiger partial charge in [0.2, 0.25) is 0 Å². The molecule has 0 amide bonds. The number of thiophene rings is 1. The minimum Gasteiger partial charge on any atom is -0.456 e. The molecule has 8 aromatic carbocycles. The van der Waals surface area contributed by atoms with E-state index in [9.17, 15) is 0 Å². The third-order valence-electron chi connectivity index (χ3n) is 10.2. The van der Waals surface area contributed by atoms with Crippen LogP contribution in [-0.4, -0.2) is 6.21 Å². The number of benzene rings is 8. The largest absolute Gasteiger partial charge is 0.456 e. The van der Waals surface area contributed by atoms with Crippen LogP contribution in [0.15, 0.2) is 185 Å². The highest BCUT2D eigenvalue weighted by Gasteiger charge is 2.17. The zero-order valence-corrected chi connectivity index (χ0v) is 29.7. The third kappa shape index (κ3) is 5.88. The van der Waals surface area contributed by atoms with Crippen molar-refractivity contribution in [1.29, 1.82) is 0 Å². The van der Waals surface area contributed by atoms with Crippen molar-refractivity contribution in [3.63, 3.8) is 0 Å². The SMILES string of the molecule is C(=NC(NCc1ccc2sc3c4cc(-c5ccccc5)ccc4ccc3c2c1)c1ccc2c(c1)oc1cccc(-c3ccccc3)c12)c1ccccc1. The van der Waals surface area contributed by atoms with Crippen LogP contribution >= 0.6 is 11.3 Å². The molecule has 1 unspecified atom stereocenters. The van der Waals surface area contributed by atoms with Gasteiger partial charge in [0, 0.05) is 49.1 Å². The summed E-state index contributed by atoms with van der Waals surface area (Å²) < 4.78 is 9.13. The maximum Gasteiger partial charge on any atom is 0.136 e. The fourth-order valence-electron chi connectivity index (χ4n) is 7.56. The summed E-state index contributed by atoms with van der Waals surface area (Å²) in [5, 5.41) is 11.2. The van der Waals surface area contributed by atoms with Crippen molar-refractivity contribution in [2.24, 2.45) is 4.99 Å². The molecule has 3 nitrogen and oxygen atoms in total. The average Bonchev–Trinajstić information content (AvgIpc) is 3.80. The molecule has 0 radical (unpaired) electrons. The van der Waals surface area contributed by atoms with Gasteiger partial charge in [-0.05, 0) is 74.7 Å². The summed E-state index contributed by atoms with van der Waals surface area (Å²) in [5.74, 6) is 0. The van der Waals surface area contributed by atoms with Gasteiger partial charge in [0.1, 0.15) is 17.3 Å². The predicted molar refractivity (Wildman–Crippen MR) is 225 cm³/mol. The Morgan fingerprint density at radius 2 is 1.32 bits per heavy atom. The summed E-state index contributed by atoms with van der Waals surface area (Å²) in [4.78, 5) is 5.10. The molecule has 2 heterocycles. The van der Waals surface area contributed by atoms with E-state index in [2.05, 4.69) is 163 Å². The van der Waals surface area contributed by atoms with Crippen LogP contribution < -0.4 is 5.32 Å². The second kappa shape index (κ2) is 13.3. The van der Waals surface area contributed by atoms with Crippen LogP contribution in [0.3, 0.4) is 0 Å². The monoisotopic (exact) mass is 698 g/mol. The summed E-state index contributed by atoms with van der Waals surface area (Å²) in [7, 11) is 0. The van der Waals surface area contributed by atoms with Gasteiger partial charge >= 0.3 is 0 Å². The number of nitrogens with one attached hydrogen (secondary N) is 1. The van der Waals surface area contributed by atoms with Crippen molar-refractivity contribution in [1.82, 2.24) is 5.32 Å². The number of aliphatic imine (C=N–C) groups is 1. The quantitative estimate of drug-likeness (QED) is 0.160. The minimum atomic E-state index is -0.281. The molecule has 252 valence electrons. The Balaban J connectivity index is 1.00. The van der Waals surface area contributed by atoms with Crippen molar-refractivity contribution in [2.45, 2.75) is 12.7 Å². The van der Waals surface area contributed by atoms with Crippen molar-refractivity contribution >= 4 is 70.4 Å². The number of rotatable bonds is 8. The van der Waals surface area contributed by atoms with Gasteiger partial charge in [-0.15, -0.1) is 11.3 Å². The fraction of sp³-hybridized carbons (Fsp3) is 0.0408. The Labute approximate surface area is 311 Å². The normalized spacial score (nSPS) is 12.5. The number of furan rings is 1. The van der Waals surface area contributed by atoms with E-state index in [0.717, 1.165) is 33.1 Å². The number of hydrogen-bond acceptors (Lipinski definition) is 4. The molecule has 0 aliphatic heterocycles. The number of nitrogens with zero attached hydrogens (tertiary/aromatic N) is 1. The van der Waals surface area contributed by atoms with Gasteiger partial charge in [0.05, 0.1) is 0 Å². The van der Waals surface area contributed by atoms with Gasteiger partial charge in [-0.3, -0.25) is 10.3 Å². The Morgan fingerprint density at radius 1 is 0.566 bits per heavy atom. The zero-order valence-electron chi connectivity index (χ0n) is 28.9. The molecule has 0 spiro atoms. The van der Waals surface area contributed by atoms with Crippen molar-refractivity contribution in [2.75, 3.05) is 0 Å². The Hall–Kier alpha value is -6.33. The van der Waals surface area contributed by atoms with E-state index >= 15 is 0 Å². The van der Waals surface area contributed by atoms with Gasteiger partial charge in [-0.2, -0.15) is 0 Å². The molecule has 4 heteroatoms. The van der Waals surface area contributed by atoms with Crippen LogP contribution in [0.25, 0.3) is 75.1 Å². The highest BCUT2D eigenvalue weighted by atomic mass is 32.1. The van der Waals surface area contributed by atoms with Crippen LogP contribution in [0.5, 0.6) is 0 Å². The van der Waals surface area contributed by atoms with Crippen LogP contribution in [0.4, 0.5) is 0 Å². The Bertz CT molecular complexity index is 2940. The molecule has 0 fully saturated rings. The minimum absolute atomic E-state index is 0.281. The molecule has 10 aromatic rings. The first kappa shape index (κ1) is 31.4. The number of fused-ring (bicyclic) bond motifs is 8. The lowest BCUT2D eigenvalue weighted by atomic mass is 9.99. The van der Waals surface area contributed by atoms with E-state index in [1.165, 1.54) is 58.8 Å². The molecule has 10 rings (SSSR count). The van der Waals surface area contributed by atoms with Gasteiger partial charge < -0.3 is 4.42 Å². The Kier molecular flexibility index (Phi) is 7.90. The second-order valence-electron chi connectivity index (χ2n) is 13.6. The summed E-state index contributed by atoms with van der Waals surface area (Å²) in [6.07, 6.45) is 1.68. The van der Waals surface area contributed by atoms with Crippen molar-refractivity contribution < 1.29 is 4.42 Å². The van der Waals surface area contributed by atoms with Gasteiger partial charge in [0.25, 0.3) is 0 Å². The van der Waals surface area contributed by atoms with E-state index < -0.39 is 0 Å². The third-order valence-corrected chi connectivity index (χ3v) is 11.4. The maximum absolute atomic E-state index is 6.50. The molecule has 2 aromatic heterocycles. The molecule has 0 saturated carbocycles. The average molecular weight is 699 g/mol. The van der Waals surface area contributed by atoms with Gasteiger partial charge in [0.15, 0.2) is 0 Å². The lowest BCUT2D eigenvalue weighted by molar-refractivity contribution is 0.556. The molecule has 53 heavy (non-hydrogen) atoms. The van der Waals surface area contributed by atoms with Gasteiger partial charge in [-0.1, -0.05) is 146 Å². The second-order valence-corrected chi connectivity index (χ2v) is 14.6. The lowest BCUT2D eigenvalue weighted by Crippen LogP contribution is -2.19. The highest BCUT2D eigenvalue weighted by Crippen LogP contribution is 2.41. The van der Waals surface area contributed by atoms with E-state index in [4.69, 9.17) is 9.41 Å². The lowest BCUT2D eigenvalue weighted by Gasteiger charge is -2.16. The molecule has 0 aliphatic carbocycles. The van der Waals surface area contributed by atoms with Crippen molar-refractivity contribution in [3.8, 4) is 22.3 Å². The Morgan fingerprint density at radius 3 is 2.15 bits per heavy atom. The predicted octanol–water partition coefficient (Wildman–Crippen LogP) is 13.3. The molecule has 0 bridgehead atoms. The zero-order chi connectivity index (χ0) is 35.1. The van der Waals surface area contributed by atoms with E-state index in [1.807, 2.05) is 35.8 Å². The first-order chi connectivity index (χ1) is 26.2. The van der Waals surface area contributed by atoms with Crippen LogP contribution in [-0.2, 0) is 6.54 Å². The van der Waals surface area contributed by atoms with E-state index in [0.29, 0.717) is 6.54 Å². The fourth-order valence-corrected chi connectivity index (χ4v) is 8.77. The molecule has 0 aliphatic rings. The molecule has 1 N–H and O–H groups in total. The van der Waals surface area contributed by atoms with Crippen LogP contribution in [0, 0.1) is 0 Å². The van der Waals surface area contributed by atoms with E-state index in [-0.39, 0.29) is 6.17 Å². The summed E-state index contributed by atoms with van der Waals surface area (Å²) in [5.41, 5.74) is 9.90. The summed E-state index contributed by atoms with van der Waals surface area (Å²) in [6.45, 7) is 0.659. The highest BCUT2D eigenvalue weighted by molar-refractivity contribution is 7.26. The smallest absolute Gasteiger partial charge is 0.136 e. The van der Waals surface area contributed by atoms with Crippen molar-refractivity contribution in [3.05, 3.63) is 193 Å². The molecular weight excluding hydrogens is 665 g/mol. The van der Waals surface area contributed by atoms with Crippen LogP contribution in [0.2, 0.25) is 0 Å². The van der Waals surface area contributed by atoms with E-state index in [1.54, 1.807) is 0 Å². The molecule has 1 atom stereocenters. The first-order valence-corrected chi connectivity index (χ1v) is 18.8.